The summed E-state index contributed by atoms with van der Waals surface area (Å²) in [4.78, 5) is 18.7. The summed E-state index contributed by atoms with van der Waals surface area (Å²) >= 11 is 0. The van der Waals surface area contributed by atoms with Crippen LogP contribution >= 0.6 is 0 Å². The van der Waals surface area contributed by atoms with Gasteiger partial charge in [-0.1, -0.05) is 45.0 Å². The highest BCUT2D eigenvalue weighted by molar-refractivity contribution is 7.91. The van der Waals surface area contributed by atoms with Crippen LogP contribution in [0.15, 0.2) is 81.3 Å². The molecule has 2 aliphatic heterocycles. The molecule has 0 spiro atoms. The van der Waals surface area contributed by atoms with Gasteiger partial charge in [-0.3, -0.25) is 9.42 Å². The van der Waals surface area contributed by atoms with E-state index in [9.17, 15) is 18.4 Å². The van der Waals surface area contributed by atoms with Crippen molar-refractivity contribution >= 4 is 49.7 Å². The Morgan fingerprint density at radius 3 is 2.69 bits per heavy atom. The third-order valence-corrected chi connectivity index (χ3v) is 10.9. The van der Waals surface area contributed by atoms with Crippen molar-refractivity contribution in [3.8, 4) is 11.6 Å². The number of H-pyrrole nitrogens is 1. The van der Waals surface area contributed by atoms with Gasteiger partial charge in [0, 0.05) is 40.0 Å². The number of hydrogen-bond donors (Lipinski definition) is 1. The molecule has 1 amide bonds. The Kier molecular flexibility index (Phi) is 7.81. The number of amides is 1. The smallest absolute Gasteiger partial charge is 0.415 e. The minimum Gasteiger partial charge on any atom is -0.482 e. The lowest BCUT2D eigenvalue weighted by Crippen LogP contribution is -2.38. The fraction of sp³-hybridized carbons (Fsp3) is 0.324. The standard InChI is InChI=1S/C37H38N4O7S/c1-36(2,3)24-14-15-30-28(21-24)29-20-23(33-27(32(29)38-30)17-18-37(4,5)47-33)13-16-31(42)40-19-9-10-25(40)22-46-34-35(41(43)48-39-34)49(44,45)26-11-7-6-8-12-26/h6-8,11-18,20-21,25,38H,9-10,19,22H2,1-5H3/b16-13+. The van der Waals surface area contributed by atoms with Crippen molar-refractivity contribution in [3.05, 3.63) is 88.6 Å². The van der Waals surface area contributed by atoms with Gasteiger partial charge in [0.25, 0.3) is 9.84 Å². The summed E-state index contributed by atoms with van der Waals surface area (Å²) in [7, 11) is -4.26. The van der Waals surface area contributed by atoms with E-state index in [1.807, 2.05) is 19.9 Å². The maximum absolute atomic E-state index is 13.7. The van der Waals surface area contributed by atoms with Crippen molar-refractivity contribution in [2.24, 2.45) is 0 Å². The fourth-order valence-corrected chi connectivity index (χ4v) is 7.78. The maximum Gasteiger partial charge on any atom is 0.415 e. The van der Waals surface area contributed by atoms with E-state index in [2.05, 4.69) is 65.9 Å². The molecule has 254 valence electrons. The van der Waals surface area contributed by atoms with Gasteiger partial charge in [0.2, 0.25) is 5.91 Å². The molecule has 5 aromatic rings. The Bertz CT molecular complexity index is 2260. The number of benzene rings is 3. The van der Waals surface area contributed by atoms with E-state index in [4.69, 9.17) is 9.47 Å². The summed E-state index contributed by atoms with van der Waals surface area (Å²) in [5.41, 5.74) is 4.37. The van der Waals surface area contributed by atoms with Gasteiger partial charge in [-0.25, -0.2) is 8.42 Å². The Morgan fingerprint density at radius 1 is 1.16 bits per heavy atom. The van der Waals surface area contributed by atoms with Gasteiger partial charge in [-0.15, -0.1) is 0 Å². The molecule has 0 aliphatic carbocycles. The SMILES string of the molecule is CC1(C)C=Cc2c(c(/C=C/C(=O)N3CCCC3COc3no[n+]([O-])c3S(=O)(=O)c3ccccc3)cc3c2[nH]c2ccc(C(C)(C)C)cc23)O1. The van der Waals surface area contributed by atoms with Gasteiger partial charge in [-0.2, -0.15) is 0 Å². The van der Waals surface area contributed by atoms with E-state index >= 15 is 0 Å². The third kappa shape index (κ3) is 5.94. The molecule has 0 bridgehead atoms. The summed E-state index contributed by atoms with van der Waals surface area (Å²) in [5, 5.41) is 17.3. The van der Waals surface area contributed by atoms with E-state index < -0.39 is 26.3 Å². The number of sulfone groups is 1. The van der Waals surface area contributed by atoms with Gasteiger partial charge in [0.15, 0.2) is 0 Å². The second kappa shape index (κ2) is 11.8. The summed E-state index contributed by atoms with van der Waals surface area (Å²) in [6, 6.07) is 15.7. The first kappa shape index (κ1) is 32.4. The summed E-state index contributed by atoms with van der Waals surface area (Å²) in [6.07, 6.45) is 8.81. The van der Waals surface area contributed by atoms with E-state index in [0.717, 1.165) is 39.4 Å². The third-order valence-electron chi connectivity index (χ3n) is 9.13. The molecule has 0 radical (unpaired) electrons. The Morgan fingerprint density at radius 2 is 1.94 bits per heavy atom. The highest BCUT2D eigenvalue weighted by atomic mass is 32.2. The number of rotatable bonds is 7. The van der Waals surface area contributed by atoms with Crippen molar-refractivity contribution in [2.45, 2.75) is 74.4 Å². The summed E-state index contributed by atoms with van der Waals surface area (Å²) < 4.78 is 43.2. The lowest BCUT2D eigenvalue weighted by Gasteiger charge is -2.29. The van der Waals surface area contributed by atoms with Gasteiger partial charge in [-0.05, 0) is 91.1 Å². The molecule has 3 aromatic carbocycles. The number of likely N-dealkylation sites (tertiary alicyclic amines) is 1. The number of hydrogen-bond acceptors (Lipinski definition) is 8. The minimum atomic E-state index is -4.26. The maximum atomic E-state index is 13.7. The number of ether oxygens (including phenoxy) is 2. The predicted molar refractivity (Wildman–Crippen MR) is 185 cm³/mol. The quantitative estimate of drug-likeness (QED) is 0.155. The zero-order valence-electron chi connectivity index (χ0n) is 28.0. The van der Waals surface area contributed by atoms with E-state index in [1.165, 1.54) is 23.8 Å². The Balaban J connectivity index is 1.17. The van der Waals surface area contributed by atoms with Crippen molar-refractivity contribution < 1.29 is 32.2 Å². The van der Waals surface area contributed by atoms with Crippen molar-refractivity contribution in [2.75, 3.05) is 13.2 Å². The van der Waals surface area contributed by atoms with E-state index in [-0.39, 0.29) is 33.8 Å². The highest BCUT2D eigenvalue weighted by Gasteiger charge is 2.37. The van der Waals surface area contributed by atoms with Crippen LogP contribution in [0.5, 0.6) is 11.6 Å². The largest absolute Gasteiger partial charge is 0.482 e. The van der Waals surface area contributed by atoms with Crippen LogP contribution < -0.4 is 14.4 Å². The molecule has 2 aliphatic rings. The average molecular weight is 683 g/mol. The zero-order valence-corrected chi connectivity index (χ0v) is 28.8. The van der Waals surface area contributed by atoms with Crippen LogP contribution in [0.2, 0.25) is 0 Å². The summed E-state index contributed by atoms with van der Waals surface area (Å²) in [6.45, 7) is 11.0. The highest BCUT2D eigenvalue weighted by Crippen LogP contribution is 2.42. The molecule has 2 aromatic heterocycles. The van der Waals surface area contributed by atoms with E-state index in [1.54, 1.807) is 29.2 Å². The average Bonchev–Trinajstić information content (AvgIpc) is 3.78. The molecule has 1 N–H and O–H groups in total. The monoisotopic (exact) mass is 682 g/mol. The molecular formula is C37H38N4O7S. The molecule has 1 saturated heterocycles. The molecule has 49 heavy (non-hydrogen) atoms. The number of nitrogens with one attached hydrogen (secondary N) is 1. The fourth-order valence-electron chi connectivity index (χ4n) is 6.48. The first-order chi connectivity index (χ1) is 23.2. The molecule has 1 unspecified atom stereocenters. The second-order valence-corrected chi connectivity index (χ2v) is 16.0. The number of carbonyl (C=O) groups is 1. The van der Waals surface area contributed by atoms with E-state index in [0.29, 0.717) is 18.7 Å². The van der Waals surface area contributed by atoms with Crippen LogP contribution in [0.25, 0.3) is 34.0 Å². The van der Waals surface area contributed by atoms with Crippen LogP contribution in [-0.2, 0) is 20.0 Å². The zero-order chi connectivity index (χ0) is 34.7. The van der Waals surface area contributed by atoms with Crippen molar-refractivity contribution in [1.29, 1.82) is 0 Å². The normalized spacial score (nSPS) is 17.6. The molecule has 1 fully saturated rings. The molecular weight excluding hydrogens is 644 g/mol. The second-order valence-electron chi connectivity index (χ2n) is 14.1. The van der Waals surface area contributed by atoms with Crippen LogP contribution in [0.3, 0.4) is 0 Å². The molecule has 1 atom stereocenters. The first-order valence-corrected chi connectivity index (χ1v) is 17.7. The van der Waals surface area contributed by atoms with Gasteiger partial charge in [0.1, 0.15) is 18.0 Å². The molecule has 0 saturated carbocycles. The number of nitrogens with zero attached hydrogens (tertiary/aromatic N) is 3. The van der Waals surface area contributed by atoms with Crippen LogP contribution in [0.1, 0.15) is 64.2 Å². The number of fused-ring (bicyclic) bond motifs is 5. The van der Waals surface area contributed by atoms with Crippen molar-refractivity contribution in [1.82, 2.24) is 15.0 Å². The summed E-state index contributed by atoms with van der Waals surface area (Å²) in [5.74, 6) is 0.0162. The van der Waals surface area contributed by atoms with Crippen molar-refractivity contribution in [3.63, 3.8) is 0 Å². The molecule has 4 heterocycles. The first-order valence-electron chi connectivity index (χ1n) is 16.3. The van der Waals surface area contributed by atoms with Gasteiger partial charge >= 0.3 is 10.9 Å². The lowest BCUT2D eigenvalue weighted by atomic mass is 9.86. The minimum absolute atomic E-state index is 0.0222. The lowest BCUT2D eigenvalue weighted by molar-refractivity contribution is -0.832. The predicted octanol–water partition coefficient (Wildman–Crippen LogP) is 6.34. The number of aromatic amines is 1. The Labute approximate surface area is 284 Å². The van der Waals surface area contributed by atoms with Crippen LogP contribution in [-0.4, -0.2) is 54.2 Å². The molecule has 7 rings (SSSR count). The Hall–Kier alpha value is -5.10. The van der Waals surface area contributed by atoms with Gasteiger partial charge in [0.05, 0.1) is 21.6 Å². The molecule has 12 heteroatoms. The topological polar surface area (TPSA) is 142 Å². The number of aromatic nitrogens is 3. The number of carbonyl (C=O) groups excluding carboxylic acids is 1. The molecule has 11 nitrogen and oxygen atoms in total. The van der Waals surface area contributed by atoms with Gasteiger partial charge < -0.3 is 24.6 Å². The van der Waals surface area contributed by atoms with Crippen LogP contribution in [0, 0.1) is 5.21 Å². The van der Waals surface area contributed by atoms with Crippen LogP contribution in [0.4, 0.5) is 0 Å².